The molecule has 6 heteroatoms. The highest BCUT2D eigenvalue weighted by Gasteiger charge is 2.14. The summed E-state index contributed by atoms with van der Waals surface area (Å²) in [5.41, 5.74) is 4.72. The lowest BCUT2D eigenvalue weighted by Gasteiger charge is -2.03. The van der Waals surface area contributed by atoms with Crippen molar-refractivity contribution in [2.24, 2.45) is 4.99 Å². The molecule has 0 unspecified atom stereocenters. The van der Waals surface area contributed by atoms with Crippen LogP contribution in [0.1, 0.15) is 22.4 Å². The Kier molecular flexibility index (Phi) is 3.78. The van der Waals surface area contributed by atoms with E-state index in [1.807, 2.05) is 18.2 Å². The lowest BCUT2D eigenvalue weighted by atomic mass is 10.1. The summed E-state index contributed by atoms with van der Waals surface area (Å²) in [5, 5.41) is 13.3. The summed E-state index contributed by atoms with van der Waals surface area (Å²) in [5.74, 6) is 1.15. The number of fused-ring (bicyclic) bond motifs is 1. The minimum absolute atomic E-state index is 0.0513. The van der Waals surface area contributed by atoms with Gasteiger partial charge in [-0.05, 0) is 30.7 Å². The summed E-state index contributed by atoms with van der Waals surface area (Å²) in [7, 11) is 0. The number of nitrogens with one attached hydrogen (secondary N) is 2. The van der Waals surface area contributed by atoms with Crippen LogP contribution in [0.3, 0.4) is 0 Å². The minimum Gasteiger partial charge on any atom is -0.492 e. The van der Waals surface area contributed by atoms with Crippen LogP contribution in [0.5, 0.6) is 5.88 Å². The van der Waals surface area contributed by atoms with E-state index in [9.17, 15) is 5.11 Å². The van der Waals surface area contributed by atoms with Crippen LogP contribution in [0.4, 0.5) is 11.8 Å². The molecule has 0 bridgehead atoms. The SMILES string of the molecule is Cc1ccc(CNc2nc(O)c(/C=C3\C=Nc4ncccc43)[nH]2)cc1. The van der Waals surface area contributed by atoms with Crippen molar-refractivity contribution in [2.75, 3.05) is 5.32 Å². The fraction of sp³-hybridized carbons (Fsp3) is 0.105. The van der Waals surface area contributed by atoms with Crippen molar-refractivity contribution in [2.45, 2.75) is 13.5 Å². The Labute approximate surface area is 145 Å². The fourth-order valence-corrected chi connectivity index (χ4v) is 2.65. The number of nitrogens with zero attached hydrogens (tertiary/aromatic N) is 3. The van der Waals surface area contributed by atoms with Gasteiger partial charge in [-0.2, -0.15) is 4.98 Å². The summed E-state index contributed by atoms with van der Waals surface area (Å²) in [6, 6.07) is 12.1. The highest BCUT2D eigenvalue weighted by molar-refractivity contribution is 6.20. The van der Waals surface area contributed by atoms with E-state index < -0.39 is 0 Å². The predicted molar refractivity (Wildman–Crippen MR) is 99.0 cm³/mol. The second-order valence-electron chi connectivity index (χ2n) is 5.89. The van der Waals surface area contributed by atoms with Gasteiger partial charge in [0.15, 0.2) is 5.82 Å². The zero-order chi connectivity index (χ0) is 17.2. The number of pyridine rings is 1. The van der Waals surface area contributed by atoms with Crippen molar-refractivity contribution in [1.29, 1.82) is 0 Å². The van der Waals surface area contributed by atoms with Gasteiger partial charge in [0.05, 0.1) is 0 Å². The Balaban J connectivity index is 1.52. The number of imidazole rings is 1. The molecule has 1 aliphatic rings. The number of aromatic nitrogens is 3. The van der Waals surface area contributed by atoms with Crippen molar-refractivity contribution in [1.82, 2.24) is 15.0 Å². The van der Waals surface area contributed by atoms with Gasteiger partial charge in [0, 0.05) is 30.1 Å². The largest absolute Gasteiger partial charge is 0.492 e. The van der Waals surface area contributed by atoms with Crippen LogP contribution in [0, 0.1) is 6.92 Å². The number of rotatable bonds is 4. The van der Waals surface area contributed by atoms with Gasteiger partial charge in [-0.15, -0.1) is 0 Å². The third-order valence-corrected chi connectivity index (χ3v) is 4.02. The number of benzene rings is 1. The van der Waals surface area contributed by atoms with E-state index in [-0.39, 0.29) is 5.88 Å². The summed E-state index contributed by atoms with van der Waals surface area (Å²) in [4.78, 5) is 15.7. The summed E-state index contributed by atoms with van der Waals surface area (Å²) >= 11 is 0. The van der Waals surface area contributed by atoms with Crippen LogP contribution in [-0.4, -0.2) is 26.3 Å². The summed E-state index contributed by atoms with van der Waals surface area (Å²) in [6.07, 6.45) is 5.26. The average Bonchev–Trinajstić information content (AvgIpc) is 3.19. The number of hydrogen-bond acceptors (Lipinski definition) is 5. The number of hydrogen-bond donors (Lipinski definition) is 3. The lowest BCUT2D eigenvalue weighted by Crippen LogP contribution is -2.00. The lowest BCUT2D eigenvalue weighted by molar-refractivity contribution is 0.455. The topological polar surface area (TPSA) is 86.2 Å². The number of anilines is 1. The van der Waals surface area contributed by atoms with Crippen molar-refractivity contribution < 1.29 is 5.11 Å². The zero-order valence-corrected chi connectivity index (χ0v) is 13.7. The van der Waals surface area contributed by atoms with Gasteiger partial charge in [-0.25, -0.2) is 9.98 Å². The maximum absolute atomic E-state index is 10.1. The number of H-pyrrole nitrogens is 1. The highest BCUT2D eigenvalue weighted by Crippen LogP contribution is 2.31. The molecule has 1 aromatic carbocycles. The molecule has 3 N–H and O–H groups in total. The zero-order valence-electron chi connectivity index (χ0n) is 13.7. The van der Waals surface area contributed by atoms with Crippen molar-refractivity contribution >= 4 is 29.6 Å². The number of aromatic hydroxyl groups is 1. The molecule has 124 valence electrons. The molecule has 2 aromatic heterocycles. The van der Waals surface area contributed by atoms with E-state index in [0.29, 0.717) is 24.0 Å². The number of aromatic amines is 1. The first-order valence-electron chi connectivity index (χ1n) is 7.98. The van der Waals surface area contributed by atoms with Crippen molar-refractivity contribution in [3.05, 3.63) is 65.0 Å². The molecule has 3 heterocycles. The van der Waals surface area contributed by atoms with E-state index in [0.717, 1.165) is 16.7 Å². The standard InChI is InChI=1S/C19H17N5O/c1-12-4-6-13(7-5-12)10-22-19-23-16(18(25)24-19)9-14-11-21-17-15(14)3-2-8-20-17/h2-9,11,25H,10H2,1H3,(H2,22,23,24)/b14-9+. The Morgan fingerprint density at radius 1 is 1.20 bits per heavy atom. The minimum atomic E-state index is -0.0513. The third-order valence-electron chi connectivity index (χ3n) is 4.02. The van der Waals surface area contributed by atoms with Crippen molar-refractivity contribution in [3.8, 4) is 5.88 Å². The first-order chi connectivity index (χ1) is 12.2. The molecular formula is C19H17N5O. The first kappa shape index (κ1) is 15.1. The van der Waals surface area contributed by atoms with Gasteiger partial charge < -0.3 is 15.4 Å². The second kappa shape index (κ2) is 6.24. The van der Waals surface area contributed by atoms with E-state index in [4.69, 9.17) is 0 Å². The van der Waals surface area contributed by atoms with Crippen LogP contribution < -0.4 is 5.32 Å². The second-order valence-corrected chi connectivity index (χ2v) is 5.89. The Hall–Kier alpha value is -3.41. The molecule has 6 nitrogen and oxygen atoms in total. The third kappa shape index (κ3) is 3.14. The smallest absolute Gasteiger partial charge is 0.238 e. The average molecular weight is 331 g/mol. The Morgan fingerprint density at radius 3 is 2.88 bits per heavy atom. The molecule has 0 radical (unpaired) electrons. The van der Waals surface area contributed by atoms with Gasteiger partial charge in [0.1, 0.15) is 5.69 Å². The van der Waals surface area contributed by atoms with E-state index in [1.165, 1.54) is 5.56 Å². The van der Waals surface area contributed by atoms with Gasteiger partial charge in [0.25, 0.3) is 0 Å². The Morgan fingerprint density at radius 2 is 2.04 bits per heavy atom. The molecule has 4 rings (SSSR count). The molecule has 0 fully saturated rings. The van der Waals surface area contributed by atoms with Gasteiger partial charge in [-0.3, -0.25) is 0 Å². The first-order valence-corrected chi connectivity index (χ1v) is 7.98. The molecule has 1 aliphatic heterocycles. The molecular weight excluding hydrogens is 314 g/mol. The Bertz CT molecular complexity index is 970. The maximum Gasteiger partial charge on any atom is 0.238 e. The fourth-order valence-electron chi connectivity index (χ4n) is 2.65. The molecule has 3 aromatic rings. The molecule has 0 amide bonds. The van der Waals surface area contributed by atoms with Gasteiger partial charge in [-0.1, -0.05) is 29.8 Å². The quantitative estimate of drug-likeness (QED) is 0.680. The van der Waals surface area contributed by atoms with E-state index in [2.05, 4.69) is 56.5 Å². The van der Waals surface area contributed by atoms with Crippen LogP contribution in [0.15, 0.2) is 47.6 Å². The summed E-state index contributed by atoms with van der Waals surface area (Å²) in [6.45, 7) is 2.68. The highest BCUT2D eigenvalue weighted by atomic mass is 16.3. The van der Waals surface area contributed by atoms with Gasteiger partial charge >= 0.3 is 0 Å². The maximum atomic E-state index is 10.1. The normalized spacial score (nSPS) is 14.0. The van der Waals surface area contributed by atoms with E-state index >= 15 is 0 Å². The van der Waals surface area contributed by atoms with Crippen LogP contribution >= 0.6 is 0 Å². The molecule has 0 saturated carbocycles. The number of aliphatic imine (C=N–C) groups is 1. The predicted octanol–water partition coefficient (Wildman–Crippen LogP) is 3.69. The van der Waals surface area contributed by atoms with Crippen LogP contribution in [0.25, 0.3) is 11.6 Å². The molecule has 0 spiro atoms. The number of allylic oxidation sites excluding steroid dienone is 1. The molecule has 0 aliphatic carbocycles. The molecule has 0 atom stereocenters. The monoisotopic (exact) mass is 331 g/mol. The molecule has 25 heavy (non-hydrogen) atoms. The van der Waals surface area contributed by atoms with Crippen LogP contribution in [-0.2, 0) is 6.54 Å². The van der Waals surface area contributed by atoms with Gasteiger partial charge in [0.2, 0.25) is 11.8 Å². The molecule has 0 saturated heterocycles. The van der Waals surface area contributed by atoms with Crippen LogP contribution in [0.2, 0.25) is 0 Å². The summed E-state index contributed by atoms with van der Waals surface area (Å²) < 4.78 is 0. The van der Waals surface area contributed by atoms with Crippen molar-refractivity contribution in [3.63, 3.8) is 0 Å². The number of aryl methyl sites for hydroxylation is 1. The van der Waals surface area contributed by atoms with E-state index in [1.54, 1.807) is 12.4 Å².